The third-order valence-corrected chi connectivity index (χ3v) is 14.8. The van der Waals surface area contributed by atoms with Gasteiger partial charge in [-0.2, -0.15) is 0 Å². The Kier molecular flexibility index (Phi) is 10.3. The average Bonchev–Trinajstić information content (AvgIpc) is 3.74. The minimum atomic E-state index is -2.84. The number of imidazole rings is 2. The number of hydrogen-bond donors (Lipinski definition) is 3. The van der Waals surface area contributed by atoms with Crippen LogP contribution in [-0.2, 0) is 23.1 Å². The Hall–Kier alpha value is -6.08. The van der Waals surface area contributed by atoms with Gasteiger partial charge in [-0.05, 0) is 75.3 Å². The Bertz CT molecular complexity index is 2770. The van der Waals surface area contributed by atoms with E-state index in [4.69, 9.17) is 5.10 Å². The first-order valence-electron chi connectivity index (χ1n) is 23.1. The van der Waals surface area contributed by atoms with E-state index in [2.05, 4.69) is 53.8 Å². The summed E-state index contributed by atoms with van der Waals surface area (Å²) in [5.41, 5.74) is 7.15. The lowest BCUT2D eigenvalue weighted by molar-refractivity contribution is -0.136. The number of likely N-dealkylation sites (tertiary alicyclic amines) is 1. The van der Waals surface area contributed by atoms with Gasteiger partial charge < -0.3 is 25.3 Å². The van der Waals surface area contributed by atoms with Gasteiger partial charge in [0.1, 0.15) is 6.04 Å². The molecule has 0 radical (unpaired) electrons. The Morgan fingerprint density at radius 1 is 0.831 bits per heavy atom. The van der Waals surface area contributed by atoms with Gasteiger partial charge in [-0.15, -0.1) is 5.10 Å². The van der Waals surface area contributed by atoms with Crippen molar-refractivity contribution in [3.05, 3.63) is 70.4 Å². The van der Waals surface area contributed by atoms with Gasteiger partial charge in [-0.1, -0.05) is 6.07 Å². The number of fused-ring (bicyclic) bond motifs is 3. The number of carbonyl (C=O) groups excluding carboxylic acids is 3. The van der Waals surface area contributed by atoms with Gasteiger partial charge in [0.05, 0.1) is 35.5 Å². The van der Waals surface area contributed by atoms with Crippen LogP contribution in [0.3, 0.4) is 0 Å². The molecule has 4 saturated heterocycles. The largest absolute Gasteiger partial charge is 0.385 e. The van der Waals surface area contributed by atoms with E-state index in [0.29, 0.717) is 80.4 Å². The van der Waals surface area contributed by atoms with Gasteiger partial charge in [0.15, 0.2) is 17.2 Å². The monoisotopic (exact) mass is 891 g/mol. The van der Waals surface area contributed by atoms with Gasteiger partial charge in [0.2, 0.25) is 11.8 Å². The van der Waals surface area contributed by atoms with Crippen LogP contribution in [0.5, 0.6) is 0 Å². The zero-order chi connectivity index (χ0) is 44.7. The maximum atomic E-state index is 16.2. The molecular weight excluding hydrogens is 837 g/mol. The molecule has 11 rings (SSSR count). The maximum absolute atomic E-state index is 16.2. The number of nitrogens with one attached hydrogen (secondary N) is 3. The number of benzene rings is 2. The van der Waals surface area contributed by atoms with Crippen LogP contribution < -0.4 is 36.3 Å². The topological polar surface area (TPSA) is 161 Å². The number of anilines is 5. The molecule has 1 saturated carbocycles. The van der Waals surface area contributed by atoms with Gasteiger partial charge in [0.25, 0.3) is 11.8 Å². The number of imide groups is 1. The molecule has 3 aromatic heterocycles. The second-order valence-electron chi connectivity index (χ2n) is 18.6. The number of carbonyl (C=O) groups is 3. The Labute approximate surface area is 374 Å². The van der Waals surface area contributed by atoms with Crippen LogP contribution in [0.4, 0.5) is 37.3 Å². The van der Waals surface area contributed by atoms with Crippen molar-refractivity contribution in [1.82, 2.24) is 44.2 Å². The summed E-state index contributed by atoms with van der Waals surface area (Å²) < 4.78 is 37.1. The zero-order valence-corrected chi connectivity index (χ0v) is 36.8. The van der Waals surface area contributed by atoms with E-state index in [1.54, 1.807) is 22.3 Å². The van der Waals surface area contributed by atoms with Gasteiger partial charge >= 0.3 is 5.69 Å². The standard InChI is InChI=1S/C46H55F2N13O4/c1-49-32-25-40(53-61-38(26-50-42(32)61)44(64)51-28-6-7-28)59-19-14-31-33(4-3-5-34(31)59)56-20-22-57(23-21-56)39-15-18-58(27-46(39,47)48)29-12-16-55(17-13-29)30-8-9-35-37(24-30)54(2)45(65)60(35)36-10-11-41(62)52-43(36)63/h3-5,8-9,24-26,28-29,36,39,49H,6-7,10-23,27H2,1-2H3,(H,51,64)(H,52,62,63)/t36?,39-/m0/s1. The normalized spacial score (nSPS) is 23.4. The summed E-state index contributed by atoms with van der Waals surface area (Å²) >= 11 is 0. The predicted molar refractivity (Wildman–Crippen MR) is 243 cm³/mol. The molecule has 342 valence electrons. The van der Waals surface area contributed by atoms with E-state index >= 15 is 8.78 Å². The molecule has 6 aliphatic rings. The summed E-state index contributed by atoms with van der Waals surface area (Å²) in [6.45, 7) is 4.98. The summed E-state index contributed by atoms with van der Waals surface area (Å²) in [6.07, 6.45) is 6.76. The first-order valence-corrected chi connectivity index (χ1v) is 23.1. The van der Waals surface area contributed by atoms with Crippen LogP contribution >= 0.6 is 0 Å². The van der Waals surface area contributed by atoms with Crippen LogP contribution in [0.15, 0.2) is 53.5 Å². The summed E-state index contributed by atoms with van der Waals surface area (Å²) in [5, 5.41) is 13.6. The fourth-order valence-corrected chi connectivity index (χ4v) is 11.1. The molecule has 1 aliphatic carbocycles. The first kappa shape index (κ1) is 41.6. The van der Waals surface area contributed by atoms with Crippen LogP contribution in [0.1, 0.15) is 67.0 Å². The molecule has 2 aromatic carbocycles. The minimum Gasteiger partial charge on any atom is -0.385 e. The second kappa shape index (κ2) is 16.1. The quantitative estimate of drug-likeness (QED) is 0.185. The highest BCUT2D eigenvalue weighted by molar-refractivity contribution is 6.00. The molecule has 2 atom stereocenters. The van der Waals surface area contributed by atoms with Crippen molar-refractivity contribution in [3.63, 3.8) is 0 Å². The van der Waals surface area contributed by atoms with Crippen molar-refractivity contribution in [2.75, 3.05) is 86.0 Å². The summed E-state index contributed by atoms with van der Waals surface area (Å²) in [4.78, 5) is 66.1. The summed E-state index contributed by atoms with van der Waals surface area (Å²) in [5.74, 6) is -3.10. The third-order valence-electron chi connectivity index (χ3n) is 14.8. The molecule has 65 heavy (non-hydrogen) atoms. The van der Waals surface area contributed by atoms with Gasteiger partial charge in [0, 0.05) is 114 Å². The van der Waals surface area contributed by atoms with Crippen molar-refractivity contribution < 1.29 is 23.2 Å². The van der Waals surface area contributed by atoms with E-state index in [0.717, 1.165) is 61.4 Å². The second-order valence-corrected chi connectivity index (χ2v) is 18.6. The Morgan fingerprint density at radius 2 is 1.62 bits per heavy atom. The smallest absolute Gasteiger partial charge is 0.329 e. The van der Waals surface area contributed by atoms with Crippen molar-refractivity contribution in [2.24, 2.45) is 7.05 Å². The molecule has 3 N–H and O–H groups in total. The Balaban J connectivity index is 0.712. The number of piperidine rings is 3. The highest BCUT2D eigenvalue weighted by atomic mass is 19.3. The van der Waals surface area contributed by atoms with E-state index < -0.39 is 23.9 Å². The molecule has 17 nitrogen and oxygen atoms in total. The van der Waals surface area contributed by atoms with Crippen LogP contribution in [0, 0.1) is 0 Å². The number of aromatic nitrogens is 5. The van der Waals surface area contributed by atoms with Crippen molar-refractivity contribution in [2.45, 2.75) is 81.5 Å². The van der Waals surface area contributed by atoms with Gasteiger partial charge in [-0.3, -0.25) is 38.6 Å². The number of amides is 3. The molecule has 0 spiro atoms. The SMILES string of the molecule is CNc1cc(N2CCc3c(N4CCN([C@H]5CCN(C6CCN(c7ccc8c(c7)n(C)c(=O)n8C7CCC(=O)NC7=O)CC6)CC5(F)F)CC4)cccc32)nn2c(C(=O)NC3CC3)cnc12. The van der Waals surface area contributed by atoms with Crippen LogP contribution in [0.25, 0.3) is 16.7 Å². The summed E-state index contributed by atoms with van der Waals surface area (Å²) in [7, 11) is 3.52. The number of halogens is 2. The molecule has 5 aromatic rings. The third kappa shape index (κ3) is 7.36. The zero-order valence-electron chi connectivity index (χ0n) is 36.8. The summed E-state index contributed by atoms with van der Waals surface area (Å²) in [6, 6.07) is 12.8. The molecule has 5 fully saturated rings. The molecule has 19 heteroatoms. The highest BCUT2D eigenvalue weighted by Gasteiger charge is 2.49. The van der Waals surface area contributed by atoms with Crippen molar-refractivity contribution in [3.8, 4) is 0 Å². The average molecular weight is 892 g/mol. The highest BCUT2D eigenvalue weighted by Crippen LogP contribution is 2.41. The van der Waals surface area contributed by atoms with Crippen LogP contribution in [-0.4, -0.2) is 141 Å². The number of alkyl halides is 2. The molecular formula is C46H55F2N13O4. The number of aryl methyl sites for hydroxylation is 1. The van der Waals surface area contributed by atoms with E-state index in [9.17, 15) is 19.2 Å². The Morgan fingerprint density at radius 3 is 2.35 bits per heavy atom. The minimum absolute atomic E-state index is 0.0621. The molecule has 5 aliphatic heterocycles. The van der Waals surface area contributed by atoms with Gasteiger partial charge in [-0.25, -0.2) is 23.1 Å². The van der Waals surface area contributed by atoms with Crippen molar-refractivity contribution >= 4 is 63.0 Å². The van der Waals surface area contributed by atoms with E-state index in [-0.39, 0.29) is 49.0 Å². The fourth-order valence-electron chi connectivity index (χ4n) is 11.1. The van der Waals surface area contributed by atoms with Crippen molar-refractivity contribution in [1.29, 1.82) is 0 Å². The number of hydrogen-bond acceptors (Lipinski definition) is 12. The van der Waals surface area contributed by atoms with E-state index in [1.807, 2.05) is 41.1 Å². The lowest BCUT2D eigenvalue weighted by Gasteiger charge is -2.49. The molecule has 3 amide bonds. The van der Waals surface area contributed by atoms with Crippen LogP contribution in [0.2, 0.25) is 0 Å². The van der Waals surface area contributed by atoms with E-state index in [1.165, 1.54) is 10.1 Å². The number of piperazine rings is 1. The molecule has 0 bridgehead atoms. The predicted octanol–water partition coefficient (Wildman–Crippen LogP) is 3.49. The number of nitrogens with zero attached hydrogens (tertiary/aromatic N) is 10. The first-order chi connectivity index (χ1) is 31.4. The molecule has 1 unspecified atom stereocenters. The lowest BCUT2D eigenvalue weighted by atomic mass is 9.93. The lowest BCUT2D eigenvalue weighted by Crippen LogP contribution is -2.63. The maximum Gasteiger partial charge on any atom is 0.329 e. The molecule has 8 heterocycles. The fraction of sp³-hybridized carbons (Fsp3) is 0.522. The number of rotatable bonds is 9.